The molecule has 0 aliphatic carbocycles. The van der Waals surface area contributed by atoms with Gasteiger partial charge in [-0.3, -0.25) is 0 Å². The number of nitrogens with one attached hydrogen (secondary N) is 1. The van der Waals surface area contributed by atoms with Gasteiger partial charge < -0.3 is 30.0 Å². The summed E-state index contributed by atoms with van der Waals surface area (Å²) in [5.74, 6) is 1.97. The number of nitrogens with two attached hydrogens (primary N) is 1. The van der Waals surface area contributed by atoms with Gasteiger partial charge in [-0.15, -0.1) is 0 Å². The molecule has 0 amide bonds. The first-order valence-electron chi connectivity index (χ1n) is 11.2. The monoisotopic (exact) mass is 490 g/mol. The van der Waals surface area contributed by atoms with Crippen LogP contribution in [0.4, 0.5) is 24.7 Å². The van der Waals surface area contributed by atoms with Crippen LogP contribution in [-0.2, 0) is 15.7 Å². The molecule has 3 atom stereocenters. The zero-order chi connectivity index (χ0) is 24.7. The van der Waals surface area contributed by atoms with Gasteiger partial charge >= 0.3 is 6.18 Å². The highest BCUT2D eigenvalue weighted by atomic mass is 19.4. The van der Waals surface area contributed by atoms with Crippen molar-refractivity contribution in [3.05, 3.63) is 47.3 Å². The lowest BCUT2D eigenvalue weighted by molar-refractivity contribution is -0.137. The summed E-state index contributed by atoms with van der Waals surface area (Å²) in [6.45, 7) is 5.07. The van der Waals surface area contributed by atoms with E-state index in [0.29, 0.717) is 66.0 Å². The molecule has 3 heterocycles. The highest BCUT2D eigenvalue weighted by Crippen LogP contribution is 2.38. The van der Waals surface area contributed by atoms with Gasteiger partial charge in [0.1, 0.15) is 24.4 Å². The first-order chi connectivity index (χ1) is 16.7. The van der Waals surface area contributed by atoms with Crippen LogP contribution >= 0.6 is 0 Å². The standard InChI is InChI=1S/C24H25F3N4O4/c1-12(14-5-15(24(25,26)27)7-16(28)6-14)29-23-17-8-20-19(9-18(17)30-13(2)31-23)33-3-4-34-21-10-32-11-22(21)35-20/h5-9,12,21-22H,3-4,10-11,28H2,1-2H3,(H,29,30,31)/t12-,21-,22+/m1/s1. The van der Waals surface area contributed by atoms with Crippen LogP contribution in [0, 0.1) is 6.92 Å². The van der Waals surface area contributed by atoms with E-state index in [1.165, 1.54) is 6.07 Å². The Hall–Kier alpha value is -3.31. The molecule has 186 valence electrons. The molecule has 3 N–H and O–H groups in total. The summed E-state index contributed by atoms with van der Waals surface area (Å²) < 4.78 is 63.3. The molecule has 11 heteroatoms. The van der Waals surface area contributed by atoms with Crippen molar-refractivity contribution in [1.82, 2.24) is 9.97 Å². The minimum absolute atomic E-state index is 0.0331. The average molecular weight is 490 g/mol. The molecule has 0 unspecified atom stereocenters. The van der Waals surface area contributed by atoms with Crippen molar-refractivity contribution in [2.75, 3.05) is 37.5 Å². The number of nitrogens with zero attached hydrogens (tertiary/aromatic N) is 2. The Balaban J connectivity index is 1.52. The topological polar surface area (TPSA) is 101 Å². The Morgan fingerprint density at radius 2 is 1.83 bits per heavy atom. The Kier molecular flexibility index (Phi) is 6.06. The number of anilines is 2. The van der Waals surface area contributed by atoms with Crippen molar-refractivity contribution in [3.8, 4) is 11.5 Å². The van der Waals surface area contributed by atoms with Crippen LogP contribution in [0.2, 0.25) is 0 Å². The largest absolute Gasteiger partial charge is 0.487 e. The molecule has 1 fully saturated rings. The van der Waals surface area contributed by atoms with Crippen LogP contribution in [-0.4, -0.2) is 48.6 Å². The third kappa shape index (κ3) is 4.92. The van der Waals surface area contributed by atoms with E-state index in [9.17, 15) is 13.2 Å². The van der Waals surface area contributed by atoms with Crippen LogP contribution in [0.3, 0.4) is 0 Å². The lowest BCUT2D eigenvalue weighted by Gasteiger charge is -2.21. The maximum Gasteiger partial charge on any atom is 0.416 e. The van der Waals surface area contributed by atoms with Crippen molar-refractivity contribution in [2.45, 2.75) is 38.3 Å². The number of ether oxygens (including phenoxy) is 4. The van der Waals surface area contributed by atoms with E-state index in [1.807, 2.05) is 0 Å². The molecule has 0 saturated carbocycles. The van der Waals surface area contributed by atoms with E-state index in [4.69, 9.17) is 24.7 Å². The Labute approximate surface area is 199 Å². The number of alkyl halides is 3. The van der Waals surface area contributed by atoms with Crippen molar-refractivity contribution in [1.29, 1.82) is 0 Å². The predicted molar refractivity (Wildman–Crippen MR) is 123 cm³/mol. The van der Waals surface area contributed by atoms with Crippen LogP contribution in [0.1, 0.15) is 29.9 Å². The second-order valence-corrected chi connectivity index (χ2v) is 8.64. The molecule has 2 aliphatic rings. The van der Waals surface area contributed by atoms with Gasteiger partial charge in [-0.05, 0) is 43.7 Å². The molecule has 1 aromatic heterocycles. The smallest absolute Gasteiger partial charge is 0.416 e. The van der Waals surface area contributed by atoms with Crippen molar-refractivity contribution in [2.24, 2.45) is 0 Å². The third-order valence-electron chi connectivity index (χ3n) is 5.96. The highest BCUT2D eigenvalue weighted by Gasteiger charge is 2.33. The van der Waals surface area contributed by atoms with Crippen LogP contribution < -0.4 is 20.5 Å². The number of benzene rings is 2. The maximum absolute atomic E-state index is 13.3. The van der Waals surface area contributed by atoms with Crippen LogP contribution in [0.15, 0.2) is 30.3 Å². The van der Waals surface area contributed by atoms with E-state index in [2.05, 4.69) is 15.3 Å². The van der Waals surface area contributed by atoms with E-state index < -0.39 is 17.8 Å². The minimum Gasteiger partial charge on any atom is -0.487 e. The fourth-order valence-electron chi connectivity index (χ4n) is 4.24. The number of aryl methyl sites for hydroxylation is 1. The molecule has 8 nitrogen and oxygen atoms in total. The first kappa shape index (κ1) is 23.4. The fourth-order valence-corrected chi connectivity index (χ4v) is 4.24. The normalized spacial score (nSPS) is 21.1. The molecule has 3 aromatic rings. The molecule has 0 spiro atoms. The first-order valence-corrected chi connectivity index (χ1v) is 11.2. The van der Waals surface area contributed by atoms with Crippen molar-refractivity contribution < 1.29 is 32.1 Å². The number of hydrogen-bond acceptors (Lipinski definition) is 8. The lowest BCUT2D eigenvalue weighted by Crippen LogP contribution is -2.32. The molecule has 0 radical (unpaired) electrons. The Bertz CT molecular complexity index is 1250. The van der Waals surface area contributed by atoms with Gasteiger partial charge in [-0.2, -0.15) is 13.2 Å². The van der Waals surface area contributed by atoms with Gasteiger partial charge in [0.05, 0.1) is 36.9 Å². The van der Waals surface area contributed by atoms with Gasteiger partial charge in [0.2, 0.25) is 0 Å². The number of halogens is 3. The molecular weight excluding hydrogens is 465 g/mol. The molecule has 2 aromatic carbocycles. The van der Waals surface area contributed by atoms with Gasteiger partial charge in [-0.1, -0.05) is 0 Å². The number of rotatable bonds is 3. The van der Waals surface area contributed by atoms with Crippen LogP contribution in [0.5, 0.6) is 11.5 Å². The molecular formula is C24H25F3N4O4. The second-order valence-electron chi connectivity index (χ2n) is 8.64. The van der Waals surface area contributed by atoms with Crippen LogP contribution in [0.25, 0.3) is 10.9 Å². The van der Waals surface area contributed by atoms with Crippen molar-refractivity contribution >= 4 is 22.4 Å². The minimum atomic E-state index is -4.50. The SMILES string of the molecule is Cc1nc(N[C@H](C)c2cc(N)cc(C(F)(F)F)c2)c2cc3c(cc2n1)OCCO[C@@H]1COC[C@@H]1O3. The van der Waals surface area contributed by atoms with E-state index >= 15 is 0 Å². The average Bonchev–Trinajstić information content (AvgIpc) is 3.24. The molecule has 0 bridgehead atoms. The van der Waals surface area contributed by atoms with Gasteiger partial charge in [-0.25, -0.2) is 9.97 Å². The van der Waals surface area contributed by atoms with E-state index in [1.54, 1.807) is 26.0 Å². The zero-order valence-corrected chi connectivity index (χ0v) is 19.2. The summed E-state index contributed by atoms with van der Waals surface area (Å²) in [7, 11) is 0. The third-order valence-corrected chi connectivity index (χ3v) is 5.96. The summed E-state index contributed by atoms with van der Waals surface area (Å²) in [6, 6.07) is 6.54. The summed E-state index contributed by atoms with van der Waals surface area (Å²) in [5, 5.41) is 3.86. The fraction of sp³-hybridized carbons (Fsp3) is 0.417. The van der Waals surface area contributed by atoms with E-state index in [0.717, 1.165) is 12.1 Å². The molecule has 35 heavy (non-hydrogen) atoms. The predicted octanol–water partition coefficient (Wildman–Crippen LogP) is 4.27. The summed E-state index contributed by atoms with van der Waals surface area (Å²) in [6.07, 6.45) is -4.99. The zero-order valence-electron chi connectivity index (χ0n) is 19.2. The molecule has 1 saturated heterocycles. The second kappa shape index (κ2) is 9.04. The molecule has 2 aliphatic heterocycles. The Morgan fingerprint density at radius 3 is 2.63 bits per heavy atom. The summed E-state index contributed by atoms with van der Waals surface area (Å²) >= 11 is 0. The quantitative estimate of drug-likeness (QED) is 0.525. The lowest BCUT2D eigenvalue weighted by atomic mass is 10.0. The van der Waals surface area contributed by atoms with Crippen molar-refractivity contribution in [3.63, 3.8) is 0 Å². The number of fused-ring (bicyclic) bond motifs is 3. The maximum atomic E-state index is 13.3. The summed E-state index contributed by atoms with van der Waals surface area (Å²) in [4.78, 5) is 9.03. The number of hydrogen-bond donors (Lipinski definition) is 2. The van der Waals surface area contributed by atoms with Gasteiger partial charge in [0, 0.05) is 17.1 Å². The van der Waals surface area contributed by atoms with Gasteiger partial charge in [0.25, 0.3) is 0 Å². The van der Waals surface area contributed by atoms with E-state index in [-0.39, 0.29) is 17.9 Å². The number of aromatic nitrogens is 2. The number of nitrogen functional groups attached to an aromatic ring is 1. The van der Waals surface area contributed by atoms with Gasteiger partial charge in [0.15, 0.2) is 17.6 Å². The highest BCUT2D eigenvalue weighted by molar-refractivity contribution is 5.92. The Morgan fingerprint density at radius 1 is 1.03 bits per heavy atom. The molecule has 5 rings (SSSR count). The summed E-state index contributed by atoms with van der Waals surface area (Å²) in [5.41, 5.74) is 5.98.